The lowest BCUT2D eigenvalue weighted by Crippen LogP contribution is -2.49. The molecule has 0 bridgehead atoms. The summed E-state index contributed by atoms with van der Waals surface area (Å²) in [6.07, 6.45) is 3.28. The molecule has 0 saturated carbocycles. The third-order valence-corrected chi connectivity index (χ3v) is 3.81. The average molecular weight is 256 g/mol. The summed E-state index contributed by atoms with van der Waals surface area (Å²) in [6.45, 7) is 8.68. The van der Waals surface area contributed by atoms with Gasteiger partial charge in [0.15, 0.2) is 0 Å². The smallest absolute Gasteiger partial charge is 0.248 e. The highest BCUT2D eigenvalue weighted by Crippen LogP contribution is 2.14. The zero-order chi connectivity index (χ0) is 13.5. The standard InChI is InChI=1S/C14H28N2O2/c1-5-13(11(2)3)15-12-6-8-16(9-7-12)14(17)10-18-4/h11-13,15H,5-10H2,1-4H3. The minimum atomic E-state index is 0.117. The summed E-state index contributed by atoms with van der Waals surface area (Å²) in [5.74, 6) is 0.787. The molecule has 1 fully saturated rings. The highest BCUT2D eigenvalue weighted by Gasteiger charge is 2.24. The van der Waals surface area contributed by atoms with Gasteiger partial charge in [-0.25, -0.2) is 0 Å². The molecule has 1 amide bonds. The third kappa shape index (κ3) is 4.58. The number of rotatable bonds is 6. The number of likely N-dealkylation sites (tertiary alicyclic amines) is 1. The number of nitrogens with zero attached hydrogens (tertiary/aromatic N) is 1. The number of carbonyl (C=O) groups is 1. The summed E-state index contributed by atoms with van der Waals surface area (Å²) in [4.78, 5) is 13.6. The van der Waals surface area contributed by atoms with Crippen LogP contribution in [0.4, 0.5) is 0 Å². The fourth-order valence-electron chi connectivity index (χ4n) is 2.59. The van der Waals surface area contributed by atoms with Crippen molar-refractivity contribution in [1.29, 1.82) is 0 Å². The molecule has 4 nitrogen and oxygen atoms in total. The van der Waals surface area contributed by atoms with Gasteiger partial charge in [-0.3, -0.25) is 4.79 Å². The molecule has 1 aliphatic heterocycles. The highest BCUT2D eigenvalue weighted by atomic mass is 16.5. The number of amides is 1. The van der Waals surface area contributed by atoms with Crippen LogP contribution in [0.25, 0.3) is 0 Å². The summed E-state index contributed by atoms with van der Waals surface area (Å²) >= 11 is 0. The molecular weight excluding hydrogens is 228 g/mol. The predicted octanol–water partition coefficient (Wildman–Crippen LogP) is 1.65. The maximum Gasteiger partial charge on any atom is 0.248 e. The van der Waals surface area contributed by atoms with E-state index in [1.54, 1.807) is 7.11 Å². The minimum Gasteiger partial charge on any atom is -0.375 e. The lowest BCUT2D eigenvalue weighted by molar-refractivity contribution is -0.136. The van der Waals surface area contributed by atoms with E-state index >= 15 is 0 Å². The van der Waals surface area contributed by atoms with Gasteiger partial charge in [-0.05, 0) is 25.2 Å². The van der Waals surface area contributed by atoms with E-state index in [1.807, 2.05) is 4.90 Å². The molecule has 18 heavy (non-hydrogen) atoms. The first-order valence-corrected chi connectivity index (χ1v) is 7.11. The molecule has 0 aliphatic carbocycles. The van der Waals surface area contributed by atoms with Crippen molar-refractivity contribution in [1.82, 2.24) is 10.2 Å². The second-order valence-electron chi connectivity index (χ2n) is 5.51. The second kappa shape index (κ2) is 7.74. The average Bonchev–Trinajstić information content (AvgIpc) is 2.36. The highest BCUT2D eigenvalue weighted by molar-refractivity contribution is 5.77. The van der Waals surface area contributed by atoms with Crippen molar-refractivity contribution in [2.24, 2.45) is 5.92 Å². The van der Waals surface area contributed by atoms with E-state index in [0.717, 1.165) is 25.9 Å². The quantitative estimate of drug-likeness (QED) is 0.785. The third-order valence-electron chi connectivity index (χ3n) is 3.81. The van der Waals surface area contributed by atoms with E-state index in [4.69, 9.17) is 4.74 Å². The molecule has 0 aromatic heterocycles. The van der Waals surface area contributed by atoms with Crippen LogP contribution in [-0.2, 0) is 9.53 Å². The SMILES string of the molecule is CCC(NC1CCN(C(=O)COC)CC1)C(C)C. The Bertz CT molecular complexity index is 248. The van der Waals surface area contributed by atoms with Gasteiger partial charge in [-0.1, -0.05) is 20.8 Å². The van der Waals surface area contributed by atoms with Crippen molar-refractivity contribution in [3.05, 3.63) is 0 Å². The summed E-state index contributed by atoms with van der Waals surface area (Å²) in [7, 11) is 1.57. The van der Waals surface area contributed by atoms with Crippen LogP contribution in [0.1, 0.15) is 40.0 Å². The van der Waals surface area contributed by atoms with Crippen LogP contribution in [0.3, 0.4) is 0 Å². The van der Waals surface area contributed by atoms with Gasteiger partial charge >= 0.3 is 0 Å². The first-order chi connectivity index (χ1) is 8.58. The molecule has 0 radical (unpaired) electrons. The van der Waals surface area contributed by atoms with Gasteiger partial charge in [-0.15, -0.1) is 0 Å². The normalized spacial score (nSPS) is 19.3. The maximum atomic E-state index is 11.7. The number of carbonyl (C=O) groups excluding carboxylic acids is 1. The van der Waals surface area contributed by atoms with Crippen LogP contribution in [0.15, 0.2) is 0 Å². The van der Waals surface area contributed by atoms with E-state index in [2.05, 4.69) is 26.1 Å². The van der Waals surface area contributed by atoms with Crippen molar-refractivity contribution >= 4 is 5.91 Å². The molecule has 1 rings (SSSR count). The Morgan fingerprint density at radius 1 is 1.39 bits per heavy atom. The van der Waals surface area contributed by atoms with Crippen molar-refractivity contribution in [2.45, 2.75) is 52.1 Å². The van der Waals surface area contributed by atoms with Crippen LogP contribution in [0.5, 0.6) is 0 Å². The Morgan fingerprint density at radius 3 is 2.44 bits per heavy atom. The molecule has 1 heterocycles. The number of nitrogens with one attached hydrogen (secondary N) is 1. The zero-order valence-corrected chi connectivity index (χ0v) is 12.2. The molecule has 1 atom stereocenters. The number of methoxy groups -OCH3 is 1. The first kappa shape index (κ1) is 15.4. The lowest BCUT2D eigenvalue weighted by atomic mass is 9.97. The summed E-state index contributed by atoms with van der Waals surface area (Å²) < 4.78 is 4.89. The maximum absolute atomic E-state index is 11.7. The van der Waals surface area contributed by atoms with Crippen molar-refractivity contribution in [2.75, 3.05) is 26.8 Å². The van der Waals surface area contributed by atoms with Gasteiger partial charge in [0, 0.05) is 32.3 Å². The number of hydrogen-bond donors (Lipinski definition) is 1. The van der Waals surface area contributed by atoms with E-state index in [-0.39, 0.29) is 12.5 Å². The van der Waals surface area contributed by atoms with Crippen LogP contribution in [0.2, 0.25) is 0 Å². The van der Waals surface area contributed by atoms with Gasteiger partial charge in [0.1, 0.15) is 6.61 Å². The number of ether oxygens (including phenoxy) is 1. The van der Waals surface area contributed by atoms with Crippen LogP contribution < -0.4 is 5.32 Å². The predicted molar refractivity (Wildman–Crippen MR) is 73.5 cm³/mol. The molecule has 1 N–H and O–H groups in total. The topological polar surface area (TPSA) is 41.6 Å². The molecule has 0 aromatic carbocycles. The zero-order valence-electron chi connectivity index (χ0n) is 12.2. The molecule has 1 unspecified atom stereocenters. The molecule has 0 spiro atoms. The molecule has 1 aliphatic rings. The molecule has 106 valence electrons. The van der Waals surface area contributed by atoms with Crippen LogP contribution in [0, 0.1) is 5.92 Å². The summed E-state index contributed by atoms with van der Waals surface area (Å²) in [6, 6.07) is 1.15. The Morgan fingerprint density at radius 2 is 2.00 bits per heavy atom. The molecule has 0 aromatic rings. The Labute approximate surface area is 111 Å². The minimum absolute atomic E-state index is 0.117. The Hall–Kier alpha value is -0.610. The summed E-state index contributed by atoms with van der Waals surface area (Å²) in [5, 5.41) is 3.73. The van der Waals surface area contributed by atoms with Gasteiger partial charge in [0.2, 0.25) is 5.91 Å². The van der Waals surface area contributed by atoms with E-state index in [9.17, 15) is 4.79 Å². The van der Waals surface area contributed by atoms with Crippen molar-refractivity contribution in [3.8, 4) is 0 Å². The van der Waals surface area contributed by atoms with E-state index < -0.39 is 0 Å². The van der Waals surface area contributed by atoms with E-state index in [0.29, 0.717) is 18.0 Å². The second-order valence-corrected chi connectivity index (χ2v) is 5.51. The fourth-order valence-corrected chi connectivity index (χ4v) is 2.59. The largest absolute Gasteiger partial charge is 0.375 e. The van der Waals surface area contributed by atoms with Gasteiger partial charge in [-0.2, -0.15) is 0 Å². The molecular formula is C14H28N2O2. The van der Waals surface area contributed by atoms with Gasteiger partial charge in [0.05, 0.1) is 0 Å². The molecule has 4 heteroatoms. The Balaban J connectivity index is 2.32. The van der Waals surface area contributed by atoms with Crippen LogP contribution >= 0.6 is 0 Å². The monoisotopic (exact) mass is 256 g/mol. The Kier molecular flexibility index (Phi) is 6.65. The lowest BCUT2D eigenvalue weighted by Gasteiger charge is -2.35. The van der Waals surface area contributed by atoms with Crippen molar-refractivity contribution in [3.63, 3.8) is 0 Å². The van der Waals surface area contributed by atoms with Crippen molar-refractivity contribution < 1.29 is 9.53 Å². The first-order valence-electron chi connectivity index (χ1n) is 7.11. The van der Waals surface area contributed by atoms with Gasteiger partial charge < -0.3 is 15.0 Å². The molecule has 1 saturated heterocycles. The number of hydrogen-bond acceptors (Lipinski definition) is 3. The van der Waals surface area contributed by atoms with Gasteiger partial charge in [0.25, 0.3) is 0 Å². The number of piperidine rings is 1. The summed E-state index contributed by atoms with van der Waals surface area (Å²) in [5.41, 5.74) is 0. The van der Waals surface area contributed by atoms with Crippen LogP contribution in [-0.4, -0.2) is 49.7 Å². The van der Waals surface area contributed by atoms with E-state index in [1.165, 1.54) is 6.42 Å². The fraction of sp³-hybridized carbons (Fsp3) is 0.929.